The number of hydrogen-bond acceptors (Lipinski definition) is 6. The topological polar surface area (TPSA) is 117 Å². The molecule has 0 unspecified atom stereocenters. The molecule has 4 aromatic heterocycles. The van der Waals surface area contributed by atoms with Gasteiger partial charge in [-0.05, 0) is 24.3 Å². The van der Waals surface area contributed by atoms with E-state index in [1.165, 1.54) is 6.92 Å². The maximum absolute atomic E-state index is 10.9. The average molecular weight is 431 g/mol. The number of nitrogens with zero attached hydrogens (tertiary/aromatic N) is 6. The number of aromatic nitrogens is 6. The Labute approximate surface area is 176 Å². The fourth-order valence-electron chi connectivity index (χ4n) is 2.24. The van der Waals surface area contributed by atoms with Crippen molar-refractivity contribution in [1.29, 1.82) is 0 Å². The maximum atomic E-state index is 10.9. The van der Waals surface area contributed by atoms with E-state index in [2.05, 4.69) is 25.5 Å². The first-order chi connectivity index (χ1) is 13.9. The third-order valence-electron chi connectivity index (χ3n) is 3.50. The van der Waals surface area contributed by atoms with Gasteiger partial charge in [0.15, 0.2) is 10.3 Å². The van der Waals surface area contributed by atoms with E-state index in [9.17, 15) is 4.79 Å². The molecule has 4 aromatic rings. The highest BCUT2D eigenvalue weighted by Crippen LogP contribution is 2.21. The summed E-state index contributed by atoms with van der Waals surface area (Å²) in [5.74, 6) is -0.187. The number of rotatable bonds is 3. The van der Waals surface area contributed by atoms with Gasteiger partial charge in [0, 0.05) is 19.3 Å². The molecule has 4 heterocycles. The lowest BCUT2D eigenvalue weighted by molar-refractivity contribution is -0.114. The lowest BCUT2D eigenvalue weighted by atomic mass is 10.4. The Morgan fingerprint density at radius 2 is 1.52 bits per heavy atom. The Morgan fingerprint density at radius 3 is 1.97 bits per heavy atom. The van der Waals surface area contributed by atoms with E-state index in [-0.39, 0.29) is 11.1 Å². The number of nitrogens with one attached hydrogen (secondary N) is 1. The SMILES string of the molecule is CC(=O)Nc1cn(-c2cccnc2)nc1Cl.Nc1cn(-c2cccnc2)nc1Cl. The van der Waals surface area contributed by atoms with Gasteiger partial charge in [-0.3, -0.25) is 14.8 Å². The molecule has 4 rings (SSSR count). The van der Waals surface area contributed by atoms with Crippen LogP contribution in [0.4, 0.5) is 11.4 Å². The number of pyridine rings is 2. The molecular weight excluding hydrogens is 415 g/mol. The number of anilines is 2. The molecule has 0 bridgehead atoms. The molecule has 148 valence electrons. The van der Waals surface area contributed by atoms with Gasteiger partial charge in [-0.25, -0.2) is 9.36 Å². The minimum atomic E-state index is -0.187. The van der Waals surface area contributed by atoms with Gasteiger partial charge in [0.05, 0.1) is 47.5 Å². The summed E-state index contributed by atoms with van der Waals surface area (Å²) in [5, 5.41) is 11.2. The molecule has 0 atom stereocenters. The zero-order valence-corrected chi connectivity index (χ0v) is 16.7. The highest BCUT2D eigenvalue weighted by Gasteiger charge is 2.08. The van der Waals surface area contributed by atoms with E-state index in [0.29, 0.717) is 16.5 Å². The van der Waals surface area contributed by atoms with E-state index < -0.39 is 0 Å². The molecule has 0 saturated carbocycles. The third-order valence-corrected chi connectivity index (χ3v) is 4.07. The van der Waals surface area contributed by atoms with Gasteiger partial charge in [0.25, 0.3) is 0 Å². The van der Waals surface area contributed by atoms with Gasteiger partial charge in [-0.2, -0.15) is 10.2 Å². The smallest absolute Gasteiger partial charge is 0.221 e. The summed E-state index contributed by atoms with van der Waals surface area (Å²) in [7, 11) is 0. The van der Waals surface area contributed by atoms with Crippen LogP contribution in [0.2, 0.25) is 10.3 Å². The standard InChI is InChI=1S/C10H9ClN4O.C8H7ClN4/c1-7(16)13-9-6-15(14-10(9)11)8-3-2-4-12-5-8;9-8-7(10)5-13(12-8)6-2-1-3-11-4-6/h2-6H,1H3,(H,13,16);1-5H,10H2. The normalized spacial score (nSPS) is 10.2. The first-order valence-corrected chi connectivity index (χ1v) is 9.04. The highest BCUT2D eigenvalue weighted by molar-refractivity contribution is 6.32. The van der Waals surface area contributed by atoms with Crippen LogP contribution in [0.25, 0.3) is 11.4 Å². The van der Waals surface area contributed by atoms with Crippen molar-refractivity contribution < 1.29 is 4.79 Å². The molecule has 29 heavy (non-hydrogen) atoms. The minimum absolute atomic E-state index is 0.187. The van der Waals surface area contributed by atoms with Crippen molar-refractivity contribution in [1.82, 2.24) is 29.5 Å². The van der Waals surface area contributed by atoms with Crippen molar-refractivity contribution >= 4 is 40.5 Å². The summed E-state index contributed by atoms with van der Waals surface area (Å²) in [5.41, 5.74) is 8.10. The van der Waals surface area contributed by atoms with Gasteiger partial charge in [0.1, 0.15) is 0 Å². The van der Waals surface area contributed by atoms with E-state index >= 15 is 0 Å². The van der Waals surface area contributed by atoms with Crippen molar-refractivity contribution in [3.05, 3.63) is 71.8 Å². The van der Waals surface area contributed by atoms with E-state index in [4.69, 9.17) is 28.9 Å². The fourth-order valence-corrected chi connectivity index (χ4v) is 2.54. The lowest BCUT2D eigenvalue weighted by Crippen LogP contribution is -2.05. The van der Waals surface area contributed by atoms with Crippen molar-refractivity contribution in [3.63, 3.8) is 0 Å². The van der Waals surface area contributed by atoms with E-state index in [0.717, 1.165) is 11.4 Å². The number of carbonyl (C=O) groups excluding carboxylic acids is 1. The summed E-state index contributed by atoms with van der Waals surface area (Å²) < 4.78 is 3.14. The highest BCUT2D eigenvalue weighted by atomic mass is 35.5. The number of nitrogen functional groups attached to an aromatic ring is 1. The summed E-state index contributed by atoms with van der Waals surface area (Å²) in [6, 6.07) is 7.33. The number of amides is 1. The largest absolute Gasteiger partial charge is 0.395 e. The van der Waals surface area contributed by atoms with Gasteiger partial charge in [-0.1, -0.05) is 23.2 Å². The van der Waals surface area contributed by atoms with Crippen molar-refractivity contribution in [2.24, 2.45) is 0 Å². The van der Waals surface area contributed by atoms with Crippen LogP contribution in [0.5, 0.6) is 0 Å². The number of nitrogens with two attached hydrogens (primary N) is 1. The molecule has 9 nitrogen and oxygen atoms in total. The number of hydrogen-bond donors (Lipinski definition) is 2. The van der Waals surface area contributed by atoms with Crippen molar-refractivity contribution in [3.8, 4) is 11.4 Å². The van der Waals surface area contributed by atoms with Crippen LogP contribution in [0.3, 0.4) is 0 Å². The molecule has 0 fully saturated rings. The molecule has 0 aliphatic heterocycles. The molecular formula is C18H16Cl2N8O. The molecule has 0 aromatic carbocycles. The lowest BCUT2D eigenvalue weighted by Gasteiger charge is -1.98. The Hall–Kier alpha value is -3.43. The number of carbonyl (C=O) groups is 1. The summed E-state index contributed by atoms with van der Waals surface area (Å²) >= 11 is 11.6. The van der Waals surface area contributed by atoms with E-state index in [1.807, 2.05) is 18.2 Å². The zero-order chi connectivity index (χ0) is 20.8. The van der Waals surface area contributed by atoms with Gasteiger partial charge in [0.2, 0.25) is 5.91 Å². The van der Waals surface area contributed by atoms with Crippen LogP contribution < -0.4 is 11.1 Å². The predicted molar refractivity (Wildman–Crippen MR) is 111 cm³/mol. The first kappa shape index (κ1) is 20.3. The van der Waals surface area contributed by atoms with Crippen LogP contribution in [-0.4, -0.2) is 35.4 Å². The fraction of sp³-hybridized carbons (Fsp3) is 0.0556. The summed E-state index contributed by atoms with van der Waals surface area (Å²) in [6.45, 7) is 1.41. The van der Waals surface area contributed by atoms with Gasteiger partial charge < -0.3 is 11.1 Å². The Bertz CT molecular complexity index is 1080. The molecule has 0 aliphatic carbocycles. The second-order valence-corrected chi connectivity index (χ2v) is 6.42. The van der Waals surface area contributed by atoms with Crippen LogP contribution in [0.1, 0.15) is 6.92 Å². The Kier molecular flexibility index (Phi) is 6.43. The van der Waals surface area contributed by atoms with E-state index in [1.54, 1.807) is 52.6 Å². The molecule has 3 N–H and O–H groups in total. The number of halogens is 2. The minimum Gasteiger partial charge on any atom is -0.395 e. The molecule has 0 spiro atoms. The molecule has 0 saturated heterocycles. The van der Waals surface area contributed by atoms with Crippen LogP contribution >= 0.6 is 23.2 Å². The third kappa shape index (κ3) is 5.31. The van der Waals surface area contributed by atoms with Crippen molar-refractivity contribution in [2.75, 3.05) is 11.1 Å². The maximum Gasteiger partial charge on any atom is 0.221 e. The Morgan fingerprint density at radius 1 is 0.966 bits per heavy atom. The summed E-state index contributed by atoms with van der Waals surface area (Å²) in [6.07, 6.45) is 9.99. The van der Waals surface area contributed by atoms with Gasteiger partial charge >= 0.3 is 0 Å². The van der Waals surface area contributed by atoms with Crippen molar-refractivity contribution in [2.45, 2.75) is 6.92 Å². The summed E-state index contributed by atoms with van der Waals surface area (Å²) in [4.78, 5) is 18.8. The molecule has 11 heteroatoms. The quantitative estimate of drug-likeness (QED) is 0.514. The second kappa shape index (κ2) is 9.18. The van der Waals surface area contributed by atoms with Crippen LogP contribution in [0, 0.1) is 0 Å². The first-order valence-electron chi connectivity index (χ1n) is 8.28. The molecule has 0 radical (unpaired) electrons. The van der Waals surface area contributed by atoms with Crippen LogP contribution in [0.15, 0.2) is 61.4 Å². The zero-order valence-electron chi connectivity index (χ0n) is 15.2. The van der Waals surface area contributed by atoms with Crippen LogP contribution in [-0.2, 0) is 4.79 Å². The second-order valence-electron chi connectivity index (χ2n) is 5.70. The Balaban J connectivity index is 0.000000169. The van der Waals surface area contributed by atoms with Gasteiger partial charge in [-0.15, -0.1) is 0 Å². The average Bonchev–Trinajstić information content (AvgIpc) is 3.25. The molecule has 1 amide bonds. The molecule has 0 aliphatic rings. The monoisotopic (exact) mass is 430 g/mol. The predicted octanol–water partition coefficient (Wildman–Crippen LogP) is 3.38.